The van der Waals surface area contributed by atoms with Crippen molar-refractivity contribution in [3.63, 3.8) is 0 Å². The van der Waals surface area contributed by atoms with Gasteiger partial charge in [0.05, 0.1) is 6.61 Å². The van der Waals surface area contributed by atoms with Crippen LogP contribution >= 0.6 is 0 Å². The van der Waals surface area contributed by atoms with Crippen molar-refractivity contribution in [3.8, 4) is 17.2 Å². The molecule has 0 fully saturated rings. The topological polar surface area (TPSA) is 27.7 Å². The molecule has 162 valence electrons. The van der Waals surface area contributed by atoms with Gasteiger partial charge in [-0.2, -0.15) is 0 Å². The molecule has 2 aliphatic rings. The van der Waals surface area contributed by atoms with Crippen molar-refractivity contribution in [1.82, 2.24) is 0 Å². The van der Waals surface area contributed by atoms with Crippen LogP contribution in [0, 0.1) is 0 Å². The zero-order chi connectivity index (χ0) is 21.9. The molecule has 0 amide bonds. The fourth-order valence-corrected chi connectivity index (χ4v) is 4.49. The number of hydrogen-bond acceptors (Lipinski definition) is 3. The van der Waals surface area contributed by atoms with Crippen LogP contribution in [0.15, 0.2) is 36.4 Å². The molecular weight excluding hydrogens is 372 g/mol. The first kappa shape index (κ1) is 21.1. The summed E-state index contributed by atoms with van der Waals surface area (Å²) in [5, 5.41) is 0. The quantitative estimate of drug-likeness (QED) is 0.551. The largest absolute Gasteiger partial charge is 0.492 e. The molecule has 2 aromatic rings. The average Bonchev–Trinajstić information content (AvgIpc) is 3.14. The van der Waals surface area contributed by atoms with Gasteiger partial charge >= 0.3 is 0 Å². The van der Waals surface area contributed by atoms with Crippen molar-refractivity contribution in [2.24, 2.45) is 0 Å². The number of ether oxygens (including phenoxy) is 3. The molecule has 0 N–H and O–H groups in total. The van der Waals surface area contributed by atoms with Crippen LogP contribution < -0.4 is 14.2 Å². The van der Waals surface area contributed by atoms with Gasteiger partial charge in [-0.1, -0.05) is 59.7 Å². The standard InChI is InChI=1S/C27H36O3/c1-24(2,3)18-9-11-21-20(15-18)27(8,17-28-21)14-13-25(4,5)19-10-12-22-23(16-19)30-26(6,7)29-22/h9-12,15-16H,13-14,17H2,1-8H3. The summed E-state index contributed by atoms with van der Waals surface area (Å²) in [6, 6.07) is 13.1. The summed E-state index contributed by atoms with van der Waals surface area (Å²) in [7, 11) is 0. The van der Waals surface area contributed by atoms with Crippen LogP contribution in [0.2, 0.25) is 0 Å². The van der Waals surface area contributed by atoms with E-state index in [2.05, 4.69) is 71.9 Å². The summed E-state index contributed by atoms with van der Waals surface area (Å²) in [5.74, 6) is 2.14. The SMILES string of the molecule is CC1(C)Oc2ccc(C(C)(C)CCC3(C)COc4ccc(C(C)(C)C)cc43)cc2O1. The molecule has 0 aromatic heterocycles. The van der Waals surface area contributed by atoms with Gasteiger partial charge in [-0.25, -0.2) is 0 Å². The smallest absolute Gasteiger partial charge is 0.246 e. The molecule has 4 rings (SSSR count). The Labute approximate surface area is 181 Å². The first-order valence-electron chi connectivity index (χ1n) is 11.1. The zero-order valence-corrected chi connectivity index (χ0v) is 19.8. The Bertz CT molecular complexity index is 965. The van der Waals surface area contributed by atoms with E-state index < -0.39 is 5.79 Å². The second-order valence-corrected chi connectivity index (χ2v) is 11.5. The summed E-state index contributed by atoms with van der Waals surface area (Å²) >= 11 is 0. The maximum Gasteiger partial charge on any atom is 0.246 e. The minimum Gasteiger partial charge on any atom is -0.492 e. The van der Waals surface area contributed by atoms with Gasteiger partial charge in [0.2, 0.25) is 5.79 Å². The highest BCUT2D eigenvalue weighted by molar-refractivity contribution is 5.49. The molecule has 1 unspecified atom stereocenters. The van der Waals surface area contributed by atoms with Gasteiger partial charge in [-0.15, -0.1) is 0 Å². The molecule has 3 nitrogen and oxygen atoms in total. The summed E-state index contributed by atoms with van der Waals surface area (Å²) in [5.41, 5.74) is 4.21. The lowest BCUT2D eigenvalue weighted by molar-refractivity contribution is -0.0431. The van der Waals surface area contributed by atoms with Crippen molar-refractivity contribution in [1.29, 1.82) is 0 Å². The van der Waals surface area contributed by atoms with Gasteiger partial charge < -0.3 is 14.2 Å². The molecule has 2 aliphatic heterocycles. The summed E-state index contributed by atoms with van der Waals surface area (Å²) in [6.07, 6.45) is 2.13. The molecule has 2 aromatic carbocycles. The Balaban J connectivity index is 1.54. The van der Waals surface area contributed by atoms with E-state index in [1.807, 2.05) is 19.9 Å². The average molecular weight is 409 g/mol. The minimum atomic E-state index is -0.589. The molecule has 0 radical (unpaired) electrons. The number of fused-ring (bicyclic) bond motifs is 2. The van der Waals surface area contributed by atoms with E-state index in [9.17, 15) is 0 Å². The van der Waals surface area contributed by atoms with E-state index in [-0.39, 0.29) is 16.2 Å². The van der Waals surface area contributed by atoms with E-state index >= 15 is 0 Å². The van der Waals surface area contributed by atoms with E-state index in [4.69, 9.17) is 14.2 Å². The zero-order valence-electron chi connectivity index (χ0n) is 19.8. The fraction of sp³-hybridized carbons (Fsp3) is 0.556. The fourth-order valence-electron chi connectivity index (χ4n) is 4.49. The van der Waals surface area contributed by atoms with Gasteiger partial charge in [-0.05, 0) is 53.0 Å². The van der Waals surface area contributed by atoms with E-state index in [1.165, 1.54) is 16.7 Å². The number of rotatable bonds is 4. The Morgan fingerprint density at radius 3 is 2.13 bits per heavy atom. The van der Waals surface area contributed by atoms with Crippen LogP contribution in [0.25, 0.3) is 0 Å². The highest BCUT2D eigenvalue weighted by atomic mass is 16.7. The van der Waals surface area contributed by atoms with Crippen molar-refractivity contribution in [2.75, 3.05) is 6.61 Å². The number of benzene rings is 2. The predicted octanol–water partition coefficient (Wildman–Crippen LogP) is 6.90. The first-order valence-corrected chi connectivity index (χ1v) is 11.1. The Morgan fingerprint density at radius 1 is 0.800 bits per heavy atom. The molecule has 0 saturated heterocycles. The van der Waals surface area contributed by atoms with Crippen LogP contribution in [-0.2, 0) is 16.2 Å². The third-order valence-corrected chi connectivity index (χ3v) is 6.78. The van der Waals surface area contributed by atoms with E-state index in [1.54, 1.807) is 0 Å². The van der Waals surface area contributed by atoms with Crippen LogP contribution in [0.1, 0.15) is 84.9 Å². The van der Waals surface area contributed by atoms with Crippen molar-refractivity contribution >= 4 is 0 Å². The van der Waals surface area contributed by atoms with Gasteiger partial charge in [0.25, 0.3) is 0 Å². The monoisotopic (exact) mass is 408 g/mol. The highest BCUT2D eigenvalue weighted by Crippen LogP contribution is 2.47. The molecule has 3 heteroatoms. The summed E-state index contributed by atoms with van der Waals surface area (Å²) in [4.78, 5) is 0. The predicted molar refractivity (Wildman–Crippen MR) is 122 cm³/mol. The second kappa shape index (κ2) is 6.67. The van der Waals surface area contributed by atoms with Gasteiger partial charge in [0, 0.05) is 24.8 Å². The first-order chi connectivity index (χ1) is 13.8. The van der Waals surface area contributed by atoms with Gasteiger partial charge in [0.15, 0.2) is 11.5 Å². The van der Waals surface area contributed by atoms with E-state index in [0.717, 1.165) is 36.7 Å². The lowest BCUT2D eigenvalue weighted by Crippen LogP contribution is -2.29. The Morgan fingerprint density at radius 2 is 1.43 bits per heavy atom. The summed E-state index contributed by atoms with van der Waals surface area (Å²) in [6.45, 7) is 18.4. The van der Waals surface area contributed by atoms with Crippen molar-refractivity contribution in [2.45, 2.75) is 90.3 Å². The summed E-state index contributed by atoms with van der Waals surface area (Å²) < 4.78 is 17.9. The van der Waals surface area contributed by atoms with Crippen LogP contribution in [0.5, 0.6) is 17.2 Å². The molecule has 0 spiro atoms. The lowest BCUT2D eigenvalue weighted by Gasteiger charge is -2.31. The van der Waals surface area contributed by atoms with Crippen LogP contribution in [0.4, 0.5) is 0 Å². The Hall–Kier alpha value is -2.16. The molecule has 2 heterocycles. The third kappa shape index (κ3) is 3.79. The Kier molecular flexibility index (Phi) is 4.69. The molecule has 30 heavy (non-hydrogen) atoms. The lowest BCUT2D eigenvalue weighted by atomic mass is 9.72. The minimum absolute atomic E-state index is 0.0263. The molecule has 0 aliphatic carbocycles. The third-order valence-electron chi connectivity index (χ3n) is 6.78. The van der Waals surface area contributed by atoms with Crippen LogP contribution in [0.3, 0.4) is 0 Å². The van der Waals surface area contributed by atoms with Gasteiger partial charge in [-0.3, -0.25) is 0 Å². The number of hydrogen-bond donors (Lipinski definition) is 0. The maximum atomic E-state index is 6.10. The molecular formula is C27H36O3. The van der Waals surface area contributed by atoms with Crippen molar-refractivity contribution < 1.29 is 14.2 Å². The maximum absolute atomic E-state index is 6.10. The molecule has 0 saturated carbocycles. The van der Waals surface area contributed by atoms with Gasteiger partial charge in [0.1, 0.15) is 5.75 Å². The highest BCUT2D eigenvalue weighted by Gasteiger charge is 2.39. The van der Waals surface area contributed by atoms with Crippen LogP contribution in [-0.4, -0.2) is 12.4 Å². The molecule has 1 atom stereocenters. The normalized spacial score (nSPS) is 22.0. The second-order valence-electron chi connectivity index (χ2n) is 11.5. The molecule has 0 bridgehead atoms. The van der Waals surface area contributed by atoms with Crippen molar-refractivity contribution in [3.05, 3.63) is 53.1 Å². The van der Waals surface area contributed by atoms with E-state index in [0.29, 0.717) is 0 Å².